The zero-order chi connectivity index (χ0) is 23.9. The van der Waals surface area contributed by atoms with E-state index in [1.54, 1.807) is 23.8 Å². The number of aromatic nitrogens is 2. The van der Waals surface area contributed by atoms with Crippen LogP contribution in [0.5, 0.6) is 0 Å². The third kappa shape index (κ3) is 3.60. The summed E-state index contributed by atoms with van der Waals surface area (Å²) in [4.78, 5) is 36.0. The molecule has 0 saturated heterocycles. The Morgan fingerprint density at radius 1 is 1.35 bits per heavy atom. The number of hydrogen-bond acceptors (Lipinski definition) is 8. The number of fused-ring (bicyclic) bond motifs is 5. The van der Waals surface area contributed by atoms with Crippen molar-refractivity contribution in [3.05, 3.63) is 62.9 Å². The SMILES string of the molecule is CC[C@@]1(O)C(=O)OCc2c1cc1n(c2=O)Cc2c-1nc1ccccc1c2/C=N/OCCNCI. The minimum absolute atomic E-state index is 0.0986. The van der Waals surface area contributed by atoms with Crippen LogP contribution in [0.15, 0.2) is 40.3 Å². The summed E-state index contributed by atoms with van der Waals surface area (Å²) in [6.45, 7) is 2.94. The third-order valence-corrected chi connectivity index (χ3v) is 6.90. The van der Waals surface area contributed by atoms with Crippen LogP contribution in [0.2, 0.25) is 0 Å². The van der Waals surface area contributed by atoms with E-state index in [0.717, 1.165) is 26.6 Å². The van der Waals surface area contributed by atoms with Gasteiger partial charge in [-0.3, -0.25) is 4.79 Å². The normalized spacial score (nSPS) is 18.6. The van der Waals surface area contributed by atoms with Crippen LogP contribution in [-0.2, 0) is 33.1 Å². The van der Waals surface area contributed by atoms with Crippen molar-refractivity contribution in [1.29, 1.82) is 0 Å². The average Bonchev–Trinajstić information content (AvgIpc) is 3.22. The van der Waals surface area contributed by atoms with Crippen molar-refractivity contribution in [2.75, 3.05) is 17.7 Å². The van der Waals surface area contributed by atoms with Gasteiger partial charge in [-0.2, -0.15) is 0 Å². The molecule has 0 spiro atoms. The van der Waals surface area contributed by atoms with Gasteiger partial charge in [-0.05, 0) is 18.6 Å². The molecule has 34 heavy (non-hydrogen) atoms. The lowest BCUT2D eigenvalue weighted by molar-refractivity contribution is -0.172. The molecule has 1 atom stereocenters. The van der Waals surface area contributed by atoms with Gasteiger partial charge in [-0.15, -0.1) is 0 Å². The average molecular weight is 574 g/mol. The number of pyridine rings is 2. The highest BCUT2D eigenvalue weighted by molar-refractivity contribution is 14.1. The molecule has 10 heteroatoms. The number of nitrogens with one attached hydrogen (secondary N) is 1. The fourth-order valence-corrected chi connectivity index (χ4v) is 4.92. The maximum absolute atomic E-state index is 13.4. The molecule has 9 nitrogen and oxygen atoms in total. The van der Waals surface area contributed by atoms with Crippen LogP contribution in [0.4, 0.5) is 0 Å². The summed E-state index contributed by atoms with van der Waals surface area (Å²) in [6.07, 6.45) is 1.76. The van der Waals surface area contributed by atoms with E-state index in [9.17, 15) is 14.7 Å². The van der Waals surface area contributed by atoms with Crippen molar-refractivity contribution in [3.63, 3.8) is 0 Å². The number of benzene rings is 1. The second-order valence-electron chi connectivity index (χ2n) is 8.17. The zero-order valence-corrected chi connectivity index (χ0v) is 20.7. The highest BCUT2D eigenvalue weighted by atomic mass is 127. The Hall–Kier alpha value is -2.83. The molecule has 0 saturated carbocycles. The number of halogens is 1. The number of alkyl halides is 1. The topological polar surface area (TPSA) is 115 Å². The molecule has 3 aromatic rings. The predicted octanol–water partition coefficient (Wildman–Crippen LogP) is 2.41. The first-order chi connectivity index (χ1) is 16.5. The molecule has 0 unspecified atom stereocenters. The van der Waals surface area contributed by atoms with E-state index < -0.39 is 11.6 Å². The molecule has 176 valence electrons. The summed E-state index contributed by atoms with van der Waals surface area (Å²) in [5, 5.41) is 19.3. The van der Waals surface area contributed by atoms with Gasteiger partial charge in [0.2, 0.25) is 0 Å². The first-order valence-electron chi connectivity index (χ1n) is 11.0. The molecule has 2 N–H and O–H groups in total. The van der Waals surface area contributed by atoms with E-state index >= 15 is 0 Å². The zero-order valence-electron chi connectivity index (χ0n) is 18.5. The summed E-state index contributed by atoms with van der Waals surface area (Å²) < 4.78 is 7.59. The number of hydrogen-bond donors (Lipinski definition) is 2. The number of carbonyl (C=O) groups excluding carboxylic acids is 1. The minimum atomic E-state index is -1.86. The first-order valence-corrected chi connectivity index (χ1v) is 12.5. The highest BCUT2D eigenvalue weighted by Crippen LogP contribution is 2.39. The van der Waals surface area contributed by atoms with E-state index in [2.05, 4.69) is 33.1 Å². The molecule has 0 radical (unpaired) electrons. The van der Waals surface area contributed by atoms with E-state index in [4.69, 9.17) is 14.6 Å². The summed E-state index contributed by atoms with van der Waals surface area (Å²) in [7, 11) is 0. The van der Waals surface area contributed by atoms with E-state index in [-0.39, 0.29) is 18.6 Å². The lowest BCUT2D eigenvalue weighted by Crippen LogP contribution is -2.44. The Kier molecular flexibility index (Phi) is 6.13. The van der Waals surface area contributed by atoms with Crippen molar-refractivity contribution in [1.82, 2.24) is 14.9 Å². The Bertz CT molecular complexity index is 1390. The molecule has 2 aliphatic rings. The first kappa shape index (κ1) is 22.9. The molecule has 0 fully saturated rings. The standard InChI is InChI=1S/C24H23IN4O5/c1-2-24(32)18-9-20-21-16(11-29(20)22(30)17(18)12-33-23(24)31)15(10-27-34-8-7-26-13-25)14-5-3-4-6-19(14)28-21/h3-6,9-10,26,32H,2,7-8,11-13H2,1H3/b27-10+/t24-/m0/s1. The molecular formula is C24H23IN4O5. The van der Waals surface area contributed by atoms with Gasteiger partial charge >= 0.3 is 5.97 Å². The van der Waals surface area contributed by atoms with Crippen LogP contribution < -0.4 is 10.9 Å². The number of oxime groups is 1. The van der Waals surface area contributed by atoms with Gasteiger partial charge in [0, 0.05) is 33.2 Å². The minimum Gasteiger partial charge on any atom is -0.458 e. The van der Waals surface area contributed by atoms with Gasteiger partial charge in [0.1, 0.15) is 13.2 Å². The van der Waals surface area contributed by atoms with Crippen molar-refractivity contribution < 1.29 is 19.5 Å². The summed E-state index contributed by atoms with van der Waals surface area (Å²) in [5.74, 6) is -0.737. The maximum Gasteiger partial charge on any atom is 0.343 e. The van der Waals surface area contributed by atoms with Crippen LogP contribution >= 0.6 is 22.6 Å². The Balaban J connectivity index is 1.65. The second-order valence-corrected chi connectivity index (χ2v) is 8.94. The molecule has 0 amide bonds. The van der Waals surface area contributed by atoms with Crippen molar-refractivity contribution in [2.24, 2.45) is 5.16 Å². The Labute approximate surface area is 208 Å². The number of aliphatic hydroxyl groups is 1. The molecule has 4 heterocycles. The molecular weight excluding hydrogens is 551 g/mol. The fraction of sp³-hybridized carbons (Fsp3) is 0.333. The van der Waals surface area contributed by atoms with E-state index in [0.29, 0.717) is 42.2 Å². The molecule has 0 aliphatic carbocycles. The Morgan fingerprint density at radius 2 is 2.18 bits per heavy atom. The van der Waals surface area contributed by atoms with Gasteiger partial charge < -0.3 is 24.6 Å². The largest absolute Gasteiger partial charge is 0.458 e. The monoisotopic (exact) mass is 574 g/mol. The summed E-state index contributed by atoms with van der Waals surface area (Å²) in [6, 6.07) is 9.39. The van der Waals surface area contributed by atoms with Gasteiger partial charge in [-0.25, -0.2) is 9.78 Å². The van der Waals surface area contributed by atoms with Crippen molar-refractivity contribution in [2.45, 2.75) is 32.1 Å². The molecule has 2 aromatic heterocycles. The van der Waals surface area contributed by atoms with Gasteiger partial charge in [-0.1, -0.05) is 52.9 Å². The van der Waals surface area contributed by atoms with Crippen LogP contribution in [0.25, 0.3) is 22.3 Å². The van der Waals surface area contributed by atoms with Crippen LogP contribution in [-0.4, -0.2) is 44.5 Å². The molecule has 5 rings (SSSR count). The lowest BCUT2D eigenvalue weighted by atomic mass is 9.86. The number of nitrogens with zero attached hydrogens (tertiary/aromatic N) is 3. The maximum atomic E-state index is 13.4. The van der Waals surface area contributed by atoms with Gasteiger partial charge in [0.05, 0.1) is 35.2 Å². The molecule has 1 aromatic carbocycles. The lowest BCUT2D eigenvalue weighted by Gasteiger charge is -2.31. The number of cyclic esters (lactones) is 1. The van der Waals surface area contributed by atoms with E-state index in [1.807, 2.05) is 24.3 Å². The summed E-state index contributed by atoms with van der Waals surface area (Å²) in [5.41, 5.74) is 2.04. The highest BCUT2D eigenvalue weighted by Gasteiger charge is 2.45. The van der Waals surface area contributed by atoms with Gasteiger partial charge in [0.15, 0.2) is 5.60 Å². The van der Waals surface area contributed by atoms with E-state index in [1.165, 1.54) is 0 Å². The quantitative estimate of drug-likeness (QED) is 0.0663. The predicted molar refractivity (Wildman–Crippen MR) is 135 cm³/mol. The smallest absolute Gasteiger partial charge is 0.343 e. The number of carbonyl (C=O) groups is 1. The Morgan fingerprint density at radius 3 is 2.97 bits per heavy atom. The van der Waals surface area contributed by atoms with Crippen molar-refractivity contribution in [3.8, 4) is 11.4 Å². The van der Waals surface area contributed by atoms with Crippen molar-refractivity contribution >= 4 is 45.7 Å². The number of para-hydroxylation sites is 1. The van der Waals surface area contributed by atoms with Gasteiger partial charge in [0.25, 0.3) is 5.56 Å². The van der Waals surface area contributed by atoms with Crippen LogP contribution in [0.3, 0.4) is 0 Å². The number of ether oxygens (including phenoxy) is 1. The summed E-state index contributed by atoms with van der Waals surface area (Å²) >= 11 is 2.23. The fourth-order valence-electron chi connectivity index (χ4n) is 4.53. The number of rotatable bonds is 7. The number of esters is 1. The molecule has 2 aliphatic heterocycles. The molecule has 0 bridgehead atoms. The van der Waals surface area contributed by atoms with Crippen LogP contribution in [0.1, 0.15) is 35.6 Å². The second kappa shape index (κ2) is 9.08. The third-order valence-electron chi connectivity index (χ3n) is 6.36. The van der Waals surface area contributed by atoms with Crippen LogP contribution in [0, 0.1) is 0 Å².